The molecule has 33 heavy (non-hydrogen) atoms. The van der Waals surface area contributed by atoms with E-state index < -0.39 is 65.9 Å². The lowest BCUT2D eigenvalue weighted by Crippen LogP contribution is -2.69. The first-order valence-corrected chi connectivity index (χ1v) is 12.6. The number of aliphatic hydroxyl groups excluding tert-OH is 2. The van der Waals surface area contributed by atoms with Gasteiger partial charge in [-0.2, -0.15) is 0 Å². The van der Waals surface area contributed by atoms with Crippen molar-refractivity contribution in [3.05, 3.63) is 23.8 Å². The van der Waals surface area contributed by atoms with Crippen molar-refractivity contribution < 1.29 is 48.2 Å². The summed E-state index contributed by atoms with van der Waals surface area (Å²) in [6, 6.07) is 0. The Morgan fingerprint density at radius 2 is 1.94 bits per heavy atom. The summed E-state index contributed by atoms with van der Waals surface area (Å²) in [4.78, 5) is 43.0. The highest BCUT2D eigenvalue weighted by molar-refractivity contribution is 7.46. The van der Waals surface area contributed by atoms with Crippen molar-refractivity contribution in [1.82, 2.24) is 0 Å². The van der Waals surface area contributed by atoms with E-state index >= 15 is 4.39 Å². The molecule has 0 radical (unpaired) electrons. The van der Waals surface area contributed by atoms with Gasteiger partial charge in [0, 0.05) is 16.7 Å². The molecule has 4 aliphatic carbocycles. The van der Waals surface area contributed by atoms with E-state index in [9.17, 15) is 29.5 Å². The summed E-state index contributed by atoms with van der Waals surface area (Å²) in [7, 11) is -5.23. The molecule has 0 aromatic heterocycles. The van der Waals surface area contributed by atoms with Crippen LogP contribution in [-0.2, 0) is 18.7 Å². The Hall–Kier alpha value is -1.26. The van der Waals surface area contributed by atoms with Crippen LogP contribution in [0.3, 0.4) is 0 Å². The minimum Gasteiger partial charge on any atom is -0.390 e. The number of halogens is 1. The van der Waals surface area contributed by atoms with E-state index in [0.717, 1.165) is 0 Å². The van der Waals surface area contributed by atoms with Crippen LogP contribution < -0.4 is 0 Å². The second kappa shape index (κ2) is 7.37. The number of rotatable bonds is 4. The number of phosphoric acid groups is 1. The standard InChI is InChI=1S/C22H30FO9P/c1-11-8-15-14-5-4-12-9-13(24)6-7-19(12,2)21(14,23)16(25)10-20(15,3)22(11,28)17(26)18(27)32-33(29,30)31/h6-7,9,11,14-16,18,25,27-28H,4-5,8,10H2,1-3H3,(H2,29,30,31)/t11?,14?,15?,16?,18?,19-,20-,21?,22-/m0/s1. The number of phosphoric ester groups is 1. The fraction of sp³-hybridized carbons (Fsp3) is 0.727. The zero-order chi connectivity index (χ0) is 24.8. The van der Waals surface area contributed by atoms with Gasteiger partial charge in [-0.15, -0.1) is 0 Å². The molecular weight excluding hydrogens is 458 g/mol. The van der Waals surface area contributed by atoms with E-state index in [-0.39, 0.29) is 25.0 Å². The quantitative estimate of drug-likeness (QED) is 0.290. The topological polar surface area (TPSA) is 162 Å². The molecule has 0 aromatic rings. The summed E-state index contributed by atoms with van der Waals surface area (Å²) in [5, 5.41) is 32.9. The summed E-state index contributed by atoms with van der Waals surface area (Å²) >= 11 is 0. The van der Waals surface area contributed by atoms with Crippen LogP contribution in [0.25, 0.3) is 0 Å². The van der Waals surface area contributed by atoms with Crippen LogP contribution in [0.4, 0.5) is 4.39 Å². The Morgan fingerprint density at radius 1 is 1.30 bits per heavy atom. The van der Waals surface area contributed by atoms with E-state index in [1.54, 1.807) is 20.8 Å². The van der Waals surface area contributed by atoms with E-state index in [0.29, 0.717) is 12.0 Å². The molecule has 0 amide bonds. The Labute approximate surface area is 190 Å². The van der Waals surface area contributed by atoms with Crippen LogP contribution in [0.1, 0.15) is 46.5 Å². The molecule has 9 atom stereocenters. The molecular formula is C22H30FO9P. The first kappa shape index (κ1) is 24.9. The largest absolute Gasteiger partial charge is 0.472 e. The number of hydrogen-bond donors (Lipinski definition) is 5. The Bertz CT molecular complexity index is 1010. The number of carbonyl (C=O) groups excluding carboxylic acids is 2. The Balaban J connectivity index is 1.76. The zero-order valence-electron chi connectivity index (χ0n) is 18.6. The number of carbonyl (C=O) groups is 2. The van der Waals surface area contributed by atoms with Gasteiger partial charge in [-0.25, -0.2) is 13.5 Å². The molecule has 0 aliphatic heterocycles. The number of allylic oxidation sites excluding steroid dienone is 4. The Morgan fingerprint density at radius 3 is 2.55 bits per heavy atom. The number of fused-ring (bicyclic) bond motifs is 5. The maximum Gasteiger partial charge on any atom is 0.472 e. The van der Waals surface area contributed by atoms with Crippen molar-refractivity contribution in [3.63, 3.8) is 0 Å². The minimum absolute atomic E-state index is 0.197. The highest BCUT2D eigenvalue weighted by Gasteiger charge is 2.76. The number of alkyl halides is 1. The number of hydrogen-bond acceptors (Lipinski definition) is 7. The maximum absolute atomic E-state index is 17.0. The van der Waals surface area contributed by atoms with Crippen molar-refractivity contribution in [2.45, 2.75) is 70.1 Å². The first-order valence-electron chi connectivity index (χ1n) is 11.0. The third kappa shape index (κ3) is 3.15. The van der Waals surface area contributed by atoms with Crippen molar-refractivity contribution in [2.24, 2.45) is 28.6 Å². The number of aliphatic hydroxyl groups is 3. The average molecular weight is 488 g/mol. The lowest BCUT2D eigenvalue weighted by molar-refractivity contribution is -0.225. The monoisotopic (exact) mass is 488 g/mol. The predicted octanol–water partition coefficient (Wildman–Crippen LogP) is 1.33. The molecule has 11 heteroatoms. The highest BCUT2D eigenvalue weighted by atomic mass is 31.2. The van der Waals surface area contributed by atoms with Crippen molar-refractivity contribution >= 4 is 19.4 Å². The van der Waals surface area contributed by atoms with Crippen molar-refractivity contribution in [3.8, 4) is 0 Å². The normalized spacial score (nSPS) is 47.9. The summed E-state index contributed by atoms with van der Waals surface area (Å²) < 4.78 is 32.3. The summed E-state index contributed by atoms with van der Waals surface area (Å²) in [5.74, 6) is -3.73. The van der Waals surface area contributed by atoms with Gasteiger partial charge in [-0.05, 0) is 56.6 Å². The molecule has 3 fully saturated rings. The molecule has 6 unspecified atom stereocenters. The molecule has 4 rings (SSSR count). The molecule has 0 aromatic carbocycles. The van der Waals surface area contributed by atoms with Crippen LogP contribution in [0.5, 0.6) is 0 Å². The Kier molecular flexibility index (Phi) is 5.55. The van der Waals surface area contributed by atoms with E-state index in [1.807, 2.05) is 0 Å². The fourth-order valence-corrected chi connectivity index (χ4v) is 7.79. The van der Waals surface area contributed by atoms with Gasteiger partial charge in [-0.3, -0.25) is 9.59 Å². The number of Topliss-reactive ketones (excluding diaryl/α,β-unsaturated/α-hetero) is 1. The van der Waals surface area contributed by atoms with Gasteiger partial charge in [0.05, 0.1) is 6.10 Å². The van der Waals surface area contributed by atoms with Crippen LogP contribution in [-0.4, -0.2) is 60.3 Å². The lowest BCUT2D eigenvalue weighted by Gasteiger charge is -2.62. The number of ketones is 2. The fourth-order valence-electron chi connectivity index (χ4n) is 7.44. The van der Waals surface area contributed by atoms with Crippen LogP contribution in [0.15, 0.2) is 23.8 Å². The van der Waals surface area contributed by atoms with Crippen molar-refractivity contribution in [1.29, 1.82) is 0 Å². The molecule has 5 N–H and O–H groups in total. The van der Waals surface area contributed by atoms with Crippen molar-refractivity contribution in [2.75, 3.05) is 0 Å². The van der Waals surface area contributed by atoms with Gasteiger partial charge >= 0.3 is 7.82 Å². The van der Waals surface area contributed by atoms with Crippen LogP contribution in [0, 0.1) is 28.6 Å². The van der Waals surface area contributed by atoms with Gasteiger partial charge < -0.3 is 25.1 Å². The average Bonchev–Trinajstić information content (AvgIpc) is 2.89. The van der Waals surface area contributed by atoms with Gasteiger partial charge in [0.1, 0.15) is 5.60 Å². The molecule has 4 aliphatic rings. The lowest BCUT2D eigenvalue weighted by atomic mass is 9.44. The van der Waals surface area contributed by atoms with E-state index in [1.165, 1.54) is 18.2 Å². The molecule has 0 heterocycles. The highest BCUT2D eigenvalue weighted by Crippen LogP contribution is 2.70. The summed E-state index contributed by atoms with van der Waals surface area (Å²) in [6.07, 6.45) is 0.560. The van der Waals surface area contributed by atoms with Gasteiger partial charge in [0.2, 0.25) is 12.1 Å². The van der Waals surface area contributed by atoms with Gasteiger partial charge in [0.15, 0.2) is 11.5 Å². The van der Waals surface area contributed by atoms with Gasteiger partial charge in [-0.1, -0.05) is 25.5 Å². The first-order chi connectivity index (χ1) is 15.0. The minimum atomic E-state index is -5.23. The third-order valence-electron chi connectivity index (χ3n) is 9.06. The molecule has 0 bridgehead atoms. The van der Waals surface area contributed by atoms with E-state index in [2.05, 4.69) is 4.52 Å². The second-order valence-corrected chi connectivity index (χ2v) is 11.7. The van der Waals surface area contributed by atoms with Crippen LogP contribution in [0.2, 0.25) is 0 Å². The second-order valence-electron chi connectivity index (χ2n) is 10.5. The van der Waals surface area contributed by atoms with Crippen LogP contribution >= 0.6 is 7.82 Å². The SMILES string of the molecule is CC1CC2C3CCC4=CC(=O)C=C[C@]4(C)C3(F)C(O)C[C@]2(C)[C@@]1(O)C(=O)C(O)OP(=O)(O)O. The molecule has 184 valence electrons. The summed E-state index contributed by atoms with van der Waals surface area (Å²) in [6.45, 7) is 4.74. The molecule has 0 saturated heterocycles. The smallest absolute Gasteiger partial charge is 0.390 e. The molecule has 0 spiro atoms. The molecule has 9 nitrogen and oxygen atoms in total. The third-order valence-corrected chi connectivity index (χ3v) is 9.53. The van der Waals surface area contributed by atoms with Gasteiger partial charge in [0.25, 0.3) is 0 Å². The summed E-state index contributed by atoms with van der Waals surface area (Å²) in [5.41, 5.74) is -6.51. The predicted molar refractivity (Wildman–Crippen MR) is 112 cm³/mol. The van der Waals surface area contributed by atoms with E-state index in [4.69, 9.17) is 9.79 Å². The zero-order valence-corrected chi connectivity index (χ0v) is 19.5. The maximum atomic E-state index is 17.0. The molecule has 3 saturated carbocycles.